The van der Waals surface area contributed by atoms with E-state index in [9.17, 15) is 4.79 Å². The average Bonchev–Trinajstić information content (AvgIpc) is 2.18. The van der Waals surface area contributed by atoms with Crippen molar-refractivity contribution in [3.8, 4) is 5.88 Å². The molecule has 0 aromatic carbocycles. The summed E-state index contributed by atoms with van der Waals surface area (Å²) >= 11 is 0. The van der Waals surface area contributed by atoms with Crippen LogP contribution in [0.2, 0.25) is 0 Å². The van der Waals surface area contributed by atoms with Gasteiger partial charge < -0.3 is 15.4 Å². The number of nitrogens with zero attached hydrogens (tertiary/aromatic N) is 1. The van der Waals surface area contributed by atoms with E-state index in [0.29, 0.717) is 17.4 Å². The quantitative estimate of drug-likeness (QED) is 0.727. The van der Waals surface area contributed by atoms with E-state index in [2.05, 4.69) is 15.6 Å². The zero-order valence-corrected chi connectivity index (χ0v) is 8.92. The Labute approximate surface area is 87.8 Å². The summed E-state index contributed by atoms with van der Waals surface area (Å²) in [5, 5.41) is 5.84. The van der Waals surface area contributed by atoms with Crippen molar-refractivity contribution in [2.45, 2.75) is 19.4 Å². The Bertz CT molecular complexity index is 415. The molecule has 2 N–H and O–H groups in total. The van der Waals surface area contributed by atoms with E-state index in [1.165, 1.54) is 0 Å². The van der Waals surface area contributed by atoms with Crippen LogP contribution in [0.5, 0.6) is 5.88 Å². The van der Waals surface area contributed by atoms with Crippen molar-refractivity contribution in [1.29, 1.82) is 0 Å². The summed E-state index contributed by atoms with van der Waals surface area (Å²) in [4.78, 5) is 15.8. The zero-order valence-electron chi connectivity index (χ0n) is 8.92. The Morgan fingerprint density at radius 3 is 2.80 bits per heavy atom. The molecule has 5 heteroatoms. The average molecular weight is 207 g/mol. The molecular weight excluding hydrogens is 194 g/mol. The van der Waals surface area contributed by atoms with Gasteiger partial charge in [-0.2, -0.15) is 4.98 Å². The molecule has 1 amide bonds. The second kappa shape index (κ2) is 3.12. The number of rotatable bonds is 1. The maximum absolute atomic E-state index is 11.6. The minimum absolute atomic E-state index is 0.0676. The molecule has 1 aliphatic rings. The molecule has 0 radical (unpaired) electrons. The van der Waals surface area contributed by atoms with Crippen LogP contribution in [0.4, 0.5) is 11.5 Å². The number of anilines is 2. The van der Waals surface area contributed by atoms with Gasteiger partial charge in [-0.05, 0) is 19.9 Å². The molecule has 2 heterocycles. The number of pyridine rings is 1. The number of nitrogens with one attached hydrogen (secondary N) is 2. The maximum atomic E-state index is 11.6. The lowest BCUT2D eigenvalue weighted by molar-refractivity contribution is -0.119. The lowest BCUT2D eigenvalue weighted by atomic mass is 10.0. The summed E-state index contributed by atoms with van der Waals surface area (Å²) in [5.41, 5.74) is 0.0342. The van der Waals surface area contributed by atoms with Crippen molar-refractivity contribution in [2.75, 3.05) is 17.7 Å². The Hall–Kier alpha value is -1.78. The smallest absolute Gasteiger partial charge is 0.249 e. The molecule has 80 valence electrons. The van der Waals surface area contributed by atoms with E-state index in [1.54, 1.807) is 33.1 Å². The van der Waals surface area contributed by atoms with Gasteiger partial charge in [-0.3, -0.25) is 4.79 Å². The molecule has 1 aromatic heterocycles. The molecule has 0 saturated heterocycles. The maximum Gasteiger partial charge on any atom is 0.249 e. The molecule has 1 aromatic rings. The van der Waals surface area contributed by atoms with Gasteiger partial charge >= 0.3 is 0 Å². The minimum Gasteiger partial charge on any atom is -0.481 e. The number of fused-ring (bicyclic) bond motifs is 1. The Balaban J connectivity index is 2.42. The van der Waals surface area contributed by atoms with Crippen LogP contribution in [0, 0.1) is 0 Å². The zero-order chi connectivity index (χ0) is 11.1. The molecule has 0 spiro atoms. The van der Waals surface area contributed by atoms with E-state index in [0.717, 1.165) is 0 Å². The highest BCUT2D eigenvalue weighted by Crippen LogP contribution is 2.30. The number of hydrogen-bond acceptors (Lipinski definition) is 4. The van der Waals surface area contributed by atoms with E-state index in [1.807, 2.05) is 0 Å². The monoisotopic (exact) mass is 207 g/mol. The number of aromatic nitrogens is 1. The molecule has 0 fully saturated rings. The molecule has 0 aliphatic carbocycles. The number of hydrogen-bond donors (Lipinski definition) is 2. The molecule has 1 aliphatic heterocycles. The van der Waals surface area contributed by atoms with Crippen LogP contribution in [0.25, 0.3) is 0 Å². The topological polar surface area (TPSA) is 63.2 Å². The summed E-state index contributed by atoms with van der Waals surface area (Å²) in [6.45, 7) is 3.60. The number of methoxy groups -OCH3 is 1. The summed E-state index contributed by atoms with van der Waals surface area (Å²) in [6.07, 6.45) is 0. The lowest BCUT2D eigenvalue weighted by Crippen LogP contribution is -2.47. The number of amides is 1. The van der Waals surface area contributed by atoms with Crippen molar-refractivity contribution in [2.24, 2.45) is 0 Å². The molecular formula is C10H13N3O2. The van der Waals surface area contributed by atoms with Crippen molar-refractivity contribution < 1.29 is 9.53 Å². The summed E-state index contributed by atoms with van der Waals surface area (Å²) < 4.78 is 5.01. The highest BCUT2D eigenvalue weighted by Gasteiger charge is 2.33. The van der Waals surface area contributed by atoms with Gasteiger partial charge in [0.05, 0.1) is 12.8 Å². The predicted octanol–water partition coefficient (Wildman–Crippen LogP) is 1.23. The van der Waals surface area contributed by atoms with Crippen LogP contribution in [-0.2, 0) is 4.79 Å². The summed E-state index contributed by atoms with van der Waals surface area (Å²) in [7, 11) is 1.56. The van der Waals surface area contributed by atoms with Gasteiger partial charge in [0.1, 0.15) is 5.54 Å². The van der Waals surface area contributed by atoms with Gasteiger partial charge in [-0.25, -0.2) is 0 Å². The van der Waals surface area contributed by atoms with Crippen LogP contribution < -0.4 is 15.4 Å². The third-order valence-corrected chi connectivity index (χ3v) is 2.33. The summed E-state index contributed by atoms with van der Waals surface area (Å²) in [5.74, 6) is 1.09. The van der Waals surface area contributed by atoms with Crippen LogP contribution in [0.3, 0.4) is 0 Å². The van der Waals surface area contributed by atoms with Crippen LogP contribution in [0.15, 0.2) is 12.1 Å². The first-order chi connectivity index (χ1) is 7.03. The lowest BCUT2D eigenvalue weighted by Gasteiger charge is -2.31. The van der Waals surface area contributed by atoms with Gasteiger partial charge in [0, 0.05) is 6.07 Å². The van der Waals surface area contributed by atoms with Gasteiger partial charge in [-0.1, -0.05) is 0 Å². The van der Waals surface area contributed by atoms with Crippen LogP contribution >= 0.6 is 0 Å². The first kappa shape index (κ1) is 9.76. The van der Waals surface area contributed by atoms with Crippen molar-refractivity contribution in [1.82, 2.24) is 4.98 Å². The molecule has 0 saturated carbocycles. The fourth-order valence-corrected chi connectivity index (χ4v) is 1.38. The van der Waals surface area contributed by atoms with Crippen molar-refractivity contribution in [3.63, 3.8) is 0 Å². The van der Waals surface area contributed by atoms with Gasteiger partial charge in [-0.15, -0.1) is 0 Å². The standard InChI is InChI=1S/C10H13N3O2/c1-10(2)9(14)11-6-4-5-7(15-3)12-8(6)13-10/h4-5H,1-3H3,(H,11,14)(H,12,13). The molecule has 5 nitrogen and oxygen atoms in total. The second-order valence-corrected chi connectivity index (χ2v) is 3.95. The van der Waals surface area contributed by atoms with E-state index < -0.39 is 5.54 Å². The largest absolute Gasteiger partial charge is 0.481 e. The fourth-order valence-electron chi connectivity index (χ4n) is 1.38. The first-order valence-corrected chi connectivity index (χ1v) is 4.67. The van der Waals surface area contributed by atoms with Crippen LogP contribution in [0.1, 0.15) is 13.8 Å². The van der Waals surface area contributed by atoms with E-state index in [-0.39, 0.29) is 5.91 Å². The third kappa shape index (κ3) is 1.60. The van der Waals surface area contributed by atoms with Crippen LogP contribution in [-0.4, -0.2) is 23.5 Å². The fraction of sp³-hybridized carbons (Fsp3) is 0.400. The Morgan fingerprint density at radius 1 is 1.40 bits per heavy atom. The molecule has 0 atom stereocenters. The van der Waals surface area contributed by atoms with Gasteiger partial charge in [0.2, 0.25) is 11.8 Å². The molecule has 0 bridgehead atoms. The van der Waals surface area contributed by atoms with Gasteiger partial charge in [0.25, 0.3) is 0 Å². The Kier molecular flexibility index (Phi) is 2.03. The molecule has 0 unspecified atom stereocenters. The SMILES string of the molecule is COc1ccc2c(n1)NC(C)(C)C(=O)N2. The molecule has 15 heavy (non-hydrogen) atoms. The number of ether oxygens (including phenoxy) is 1. The van der Waals surface area contributed by atoms with Crippen molar-refractivity contribution >= 4 is 17.4 Å². The second-order valence-electron chi connectivity index (χ2n) is 3.95. The summed E-state index contributed by atoms with van der Waals surface area (Å²) in [6, 6.07) is 3.47. The highest BCUT2D eigenvalue weighted by molar-refractivity contribution is 6.04. The highest BCUT2D eigenvalue weighted by atomic mass is 16.5. The van der Waals surface area contributed by atoms with Crippen molar-refractivity contribution in [3.05, 3.63) is 12.1 Å². The molecule has 2 rings (SSSR count). The van der Waals surface area contributed by atoms with Gasteiger partial charge in [0.15, 0.2) is 5.82 Å². The van der Waals surface area contributed by atoms with E-state index >= 15 is 0 Å². The normalized spacial score (nSPS) is 17.4. The first-order valence-electron chi connectivity index (χ1n) is 4.67. The Morgan fingerprint density at radius 2 is 2.13 bits per heavy atom. The minimum atomic E-state index is -0.646. The predicted molar refractivity (Wildman–Crippen MR) is 57.1 cm³/mol. The number of carbonyl (C=O) groups is 1. The third-order valence-electron chi connectivity index (χ3n) is 2.33. The van der Waals surface area contributed by atoms with E-state index in [4.69, 9.17) is 4.74 Å². The number of carbonyl (C=O) groups excluding carboxylic acids is 1.